The number of nitrogens with one attached hydrogen (secondary N) is 2. The summed E-state index contributed by atoms with van der Waals surface area (Å²) in [4.78, 5) is 24.8. The van der Waals surface area contributed by atoms with Gasteiger partial charge < -0.3 is 15.5 Å². The van der Waals surface area contributed by atoms with E-state index in [1.54, 1.807) is 12.1 Å². The monoisotopic (exact) mass is 291 g/mol. The highest BCUT2D eigenvalue weighted by atomic mass is 19.1. The molecule has 1 aliphatic heterocycles. The minimum atomic E-state index is -0.230. The Morgan fingerprint density at radius 2 is 2.00 bits per heavy atom. The minimum absolute atomic E-state index is 0.116. The summed E-state index contributed by atoms with van der Waals surface area (Å²) in [6, 6.07) is 6.49. The van der Waals surface area contributed by atoms with Crippen LogP contribution in [0, 0.1) is 5.82 Å². The Labute approximate surface area is 122 Å². The average molecular weight is 291 g/mol. The largest absolute Gasteiger partial charge is 0.353 e. The van der Waals surface area contributed by atoms with Crippen LogP contribution in [0.1, 0.15) is 24.3 Å². The summed E-state index contributed by atoms with van der Waals surface area (Å²) in [6.45, 7) is 1.18. The molecule has 1 aromatic rings. The lowest BCUT2D eigenvalue weighted by atomic mass is 9.76. The summed E-state index contributed by atoms with van der Waals surface area (Å²) in [5, 5.41) is 5.64. The van der Waals surface area contributed by atoms with E-state index in [4.69, 9.17) is 0 Å². The maximum atomic E-state index is 12.9. The first kappa shape index (κ1) is 13.9. The second-order valence-electron chi connectivity index (χ2n) is 5.64. The first-order valence-electron chi connectivity index (χ1n) is 7.19. The van der Waals surface area contributed by atoms with Gasteiger partial charge >= 0.3 is 6.03 Å². The van der Waals surface area contributed by atoms with Crippen LogP contribution in [0.3, 0.4) is 0 Å². The van der Waals surface area contributed by atoms with Gasteiger partial charge in [-0.15, -0.1) is 0 Å². The quantitative estimate of drug-likeness (QED) is 0.860. The molecular formula is C15H18FN3O2. The molecule has 1 aromatic carbocycles. The summed E-state index contributed by atoms with van der Waals surface area (Å²) in [6.07, 6.45) is 1.72. The molecule has 6 heteroatoms. The molecule has 1 saturated carbocycles. The number of piperazine rings is 1. The number of amides is 3. The standard InChI is InChI=1S/C15H18FN3O2/c16-12-3-1-10(2-4-12)11-7-13(8-11)18-15(21)19-6-5-17-14(20)9-19/h1-4,11,13H,5-9H2,(H,17,20)(H,18,21). The maximum absolute atomic E-state index is 12.9. The molecule has 0 bridgehead atoms. The number of halogens is 1. The van der Waals surface area contributed by atoms with Crippen LogP contribution in [-0.2, 0) is 4.79 Å². The van der Waals surface area contributed by atoms with Crippen molar-refractivity contribution in [3.05, 3.63) is 35.6 Å². The number of carbonyl (C=O) groups excluding carboxylic acids is 2. The van der Waals surface area contributed by atoms with Crippen molar-refractivity contribution in [1.29, 1.82) is 0 Å². The summed E-state index contributed by atoms with van der Waals surface area (Å²) in [5.74, 6) is 0.0288. The Bertz CT molecular complexity index is 540. The van der Waals surface area contributed by atoms with E-state index in [1.807, 2.05) is 0 Å². The summed E-state index contributed by atoms with van der Waals surface area (Å²) in [7, 11) is 0. The predicted molar refractivity (Wildman–Crippen MR) is 75.3 cm³/mol. The maximum Gasteiger partial charge on any atom is 0.318 e. The van der Waals surface area contributed by atoms with Gasteiger partial charge in [-0.1, -0.05) is 12.1 Å². The number of hydrogen-bond donors (Lipinski definition) is 2. The molecule has 0 radical (unpaired) electrons. The molecular weight excluding hydrogens is 273 g/mol. The zero-order valence-electron chi connectivity index (χ0n) is 11.6. The molecule has 0 aromatic heterocycles. The van der Waals surface area contributed by atoms with Gasteiger partial charge in [0.2, 0.25) is 5.91 Å². The smallest absolute Gasteiger partial charge is 0.318 e. The fourth-order valence-electron chi connectivity index (χ4n) is 2.82. The van der Waals surface area contributed by atoms with Crippen LogP contribution in [0.4, 0.5) is 9.18 Å². The lowest BCUT2D eigenvalue weighted by Crippen LogP contribution is -2.56. The molecule has 0 unspecified atom stereocenters. The summed E-state index contributed by atoms with van der Waals surface area (Å²) < 4.78 is 12.9. The molecule has 21 heavy (non-hydrogen) atoms. The van der Waals surface area contributed by atoms with E-state index in [2.05, 4.69) is 10.6 Å². The second-order valence-corrected chi connectivity index (χ2v) is 5.64. The van der Waals surface area contributed by atoms with E-state index < -0.39 is 0 Å². The Balaban J connectivity index is 1.47. The van der Waals surface area contributed by atoms with Crippen LogP contribution in [0.2, 0.25) is 0 Å². The third kappa shape index (κ3) is 3.15. The van der Waals surface area contributed by atoms with Crippen LogP contribution in [0.15, 0.2) is 24.3 Å². The predicted octanol–water partition coefficient (Wildman–Crippen LogP) is 1.21. The van der Waals surface area contributed by atoms with Crippen molar-refractivity contribution < 1.29 is 14.0 Å². The molecule has 2 N–H and O–H groups in total. The summed E-state index contributed by atoms with van der Waals surface area (Å²) >= 11 is 0. The van der Waals surface area contributed by atoms with E-state index in [1.165, 1.54) is 17.0 Å². The molecule has 3 rings (SSSR count). The first-order chi connectivity index (χ1) is 10.1. The number of hydrogen-bond acceptors (Lipinski definition) is 2. The van der Waals surface area contributed by atoms with Crippen LogP contribution >= 0.6 is 0 Å². The van der Waals surface area contributed by atoms with Crippen molar-refractivity contribution >= 4 is 11.9 Å². The van der Waals surface area contributed by atoms with Crippen molar-refractivity contribution in [3.8, 4) is 0 Å². The molecule has 0 atom stereocenters. The lowest BCUT2D eigenvalue weighted by molar-refractivity contribution is -0.123. The van der Waals surface area contributed by atoms with Gasteiger partial charge in [-0.2, -0.15) is 0 Å². The Morgan fingerprint density at radius 3 is 2.67 bits per heavy atom. The average Bonchev–Trinajstić information content (AvgIpc) is 2.43. The van der Waals surface area contributed by atoms with Crippen LogP contribution in [0.25, 0.3) is 0 Å². The summed E-state index contributed by atoms with van der Waals surface area (Å²) in [5.41, 5.74) is 1.11. The van der Waals surface area contributed by atoms with Crippen LogP contribution in [-0.4, -0.2) is 42.5 Å². The zero-order valence-corrected chi connectivity index (χ0v) is 11.6. The van der Waals surface area contributed by atoms with Crippen molar-refractivity contribution in [1.82, 2.24) is 15.5 Å². The zero-order chi connectivity index (χ0) is 14.8. The molecule has 1 heterocycles. The first-order valence-corrected chi connectivity index (χ1v) is 7.19. The fraction of sp³-hybridized carbons (Fsp3) is 0.467. The van der Waals surface area contributed by atoms with Crippen molar-refractivity contribution in [3.63, 3.8) is 0 Å². The highest BCUT2D eigenvalue weighted by molar-refractivity contribution is 5.85. The van der Waals surface area contributed by atoms with Crippen molar-refractivity contribution in [2.45, 2.75) is 24.8 Å². The third-order valence-corrected chi connectivity index (χ3v) is 4.13. The normalized spacial score (nSPS) is 25.0. The van der Waals surface area contributed by atoms with Gasteiger partial charge in [0.25, 0.3) is 0 Å². The fourth-order valence-corrected chi connectivity index (χ4v) is 2.82. The van der Waals surface area contributed by atoms with Gasteiger partial charge in [0.05, 0.1) is 0 Å². The number of rotatable bonds is 2. The van der Waals surface area contributed by atoms with Crippen LogP contribution < -0.4 is 10.6 Å². The van der Waals surface area contributed by atoms with Gasteiger partial charge in [-0.05, 0) is 36.5 Å². The van der Waals surface area contributed by atoms with Gasteiger partial charge in [0, 0.05) is 19.1 Å². The van der Waals surface area contributed by atoms with E-state index in [0.717, 1.165) is 18.4 Å². The second kappa shape index (κ2) is 5.71. The molecule has 2 fully saturated rings. The van der Waals surface area contributed by atoms with E-state index in [9.17, 15) is 14.0 Å². The van der Waals surface area contributed by atoms with E-state index in [0.29, 0.717) is 19.0 Å². The Hall–Kier alpha value is -2.11. The SMILES string of the molecule is O=C1CN(C(=O)NC2CC(c3ccc(F)cc3)C2)CCN1. The Morgan fingerprint density at radius 1 is 1.29 bits per heavy atom. The molecule has 2 aliphatic rings. The number of urea groups is 1. The van der Waals surface area contributed by atoms with Gasteiger partial charge in [-0.3, -0.25) is 4.79 Å². The van der Waals surface area contributed by atoms with Gasteiger partial charge in [0.1, 0.15) is 12.4 Å². The molecule has 5 nitrogen and oxygen atoms in total. The molecule has 3 amide bonds. The number of benzene rings is 1. The highest BCUT2D eigenvalue weighted by Gasteiger charge is 2.33. The number of carbonyl (C=O) groups is 2. The molecule has 1 aliphatic carbocycles. The Kier molecular flexibility index (Phi) is 3.77. The third-order valence-electron chi connectivity index (χ3n) is 4.13. The van der Waals surface area contributed by atoms with Crippen molar-refractivity contribution in [2.24, 2.45) is 0 Å². The molecule has 1 saturated heterocycles. The van der Waals surface area contributed by atoms with E-state index >= 15 is 0 Å². The number of nitrogens with zero attached hydrogens (tertiary/aromatic N) is 1. The topological polar surface area (TPSA) is 61.4 Å². The van der Waals surface area contributed by atoms with Gasteiger partial charge in [0.15, 0.2) is 0 Å². The van der Waals surface area contributed by atoms with Gasteiger partial charge in [-0.25, -0.2) is 9.18 Å². The molecule has 112 valence electrons. The lowest BCUT2D eigenvalue weighted by Gasteiger charge is -2.38. The highest BCUT2D eigenvalue weighted by Crippen LogP contribution is 2.36. The van der Waals surface area contributed by atoms with E-state index in [-0.39, 0.29) is 30.3 Å². The molecule has 0 spiro atoms. The van der Waals surface area contributed by atoms with Crippen LogP contribution in [0.5, 0.6) is 0 Å². The van der Waals surface area contributed by atoms with Crippen molar-refractivity contribution in [2.75, 3.05) is 19.6 Å². The minimum Gasteiger partial charge on any atom is -0.353 e.